The van der Waals surface area contributed by atoms with Crippen LogP contribution in [0.1, 0.15) is 11.1 Å². The Morgan fingerprint density at radius 1 is 1.10 bits per heavy atom. The standard InChI is InChI=1S/C15H15Cl2NO2S/c1-11-2-7-14(17)15(10-11)18-21(19,20)13-5-3-12(4-6-13)8-9-16/h2-7,10,18H,8-9H2,1H3. The highest BCUT2D eigenvalue weighted by Gasteiger charge is 2.15. The van der Waals surface area contributed by atoms with Crippen molar-refractivity contribution in [2.24, 2.45) is 0 Å². The summed E-state index contributed by atoms with van der Waals surface area (Å²) in [4.78, 5) is 0.193. The van der Waals surface area contributed by atoms with Gasteiger partial charge in [0.05, 0.1) is 15.6 Å². The van der Waals surface area contributed by atoms with Crippen molar-refractivity contribution in [2.45, 2.75) is 18.2 Å². The minimum Gasteiger partial charge on any atom is -0.278 e. The first-order valence-corrected chi connectivity index (χ1v) is 8.76. The summed E-state index contributed by atoms with van der Waals surface area (Å²) in [6, 6.07) is 11.8. The van der Waals surface area contributed by atoms with Gasteiger partial charge in [-0.05, 0) is 48.7 Å². The first-order chi connectivity index (χ1) is 9.92. The average molecular weight is 344 g/mol. The first kappa shape index (κ1) is 16.1. The SMILES string of the molecule is Cc1ccc(Cl)c(NS(=O)(=O)c2ccc(CCCl)cc2)c1. The molecule has 0 radical (unpaired) electrons. The molecule has 0 saturated carbocycles. The molecule has 0 fully saturated rings. The molecule has 2 rings (SSSR count). The van der Waals surface area contributed by atoms with Crippen molar-refractivity contribution in [1.82, 2.24) is 0 Å². The van der Waals surface area contributed by atoms with Gasteiger partial charge in [0.15, 0.2) is 0 Å². The molecule has 1 N–H and O–H groups in total. The van der Waals surface area contributed by atoms with E-state index in [1.165, 1.54) is 0 Å². The highest BCUT2D eigenvalue weighted by molar-refractivity contribution is 7.92. The van der Waals surface area contributed by atoms with E-state index in [1.807, 2.05) is 13.0 Å². The van der Waals surface area contributed by atoms with Crippen molar-refractivity contribution in [1.29, 1.82) is 0 Å². The summed E-state index contributed by atoms with van der Waals surface area (Å²) in [5, 5.41) is 0.364. The van der Waals surface area contributed by atoms with Gasteiger partial charge in [0.1, 0.15) is 0 Å². The topological polar surface area (TPSA) is 46.2 Å². The van der Waals surface area contributed by atoms with Crippen LogP contribution < -0.4 is 4.72 Å². The Labute approximate surface area is 135 Å². The van der Waals surface area contributed by atoms with Gasteiger partial charge in [0, 0.05) is 5.88 Å². The molecule has 0 unspecified atom stereocenters. The van der Waals surface area contributed by atoms with Crippen LogP contribution in [0, 0.1) is 6.92 Å². The Morgan fingerprint density at radius 2 is 1.76 bits per heavy atom. The molecular formula is C15H15Cl2NO2S. The third kappa shape index (κ3) is 4.13. The maximum Gasteiger partial charge on any atom is 0.261 e. The lowest BCUT2D eigenvalue weighted by molar-refractivity contribution is 0.601. The van der Waals surface area contributed by atoms with E-state index < -0.39 is 10.0 Å². The van der Waals surface area contributed by atoms with Crippen LogP contribution in [-0.4, -0.2) is 14.3 Å². The molecular weight excluding hydrogens is 329 g/mol. The molecule has 21 heavy (non-hydrogen) atoms. The smallest absolute Gasteiger partial charge is 0.261 e. The highest BCUT2D eigenvalue weighted by atomic mass is 35.5. The molecule has 0 saturated heterocycles. The molecule has 2 aromatic carbocycles. The summed E-state index contributed by atoms with van der Waals surface area (Å²) in [7, 11) is -3.65. The summed E-state index contributed by atoms with van der Waals surface area (Å²) in [6.07, 6.45) is 0.707. The molecule has 0 amide bonds. The van der Waals surface area contributed by atoms with Gasteiger partial charge < -0.3 is 0 Å². The van der Waals surface area contributed by atoms with Gasteiger partial charge in [-0.25, -0.2) is 8.42 Å². The van der Waals surface area contributed by atoms with E-state index in [0.717, 1.165) is 11.1 Å². The number of halogens is 2. The number of anilines is 1. The summed E-state index contributed by atoms with van der Waals surface area (Å²) in [5.41, 5.74) is 2.30. The van der Waals surface area contributed by atoms with Gasteiger partial charge in [-0.2, -0.15) is 0 Å². The van der Waals surface area contributed by atoms with Gasteiger partial charge in [-0.1, -0.05) is 29.8 Å². The number of hydrogen-bond donors (Lipinski definition) is 1. The second-order valence-corrected chi connectivity index (χ2v) is 7.14. The fourth-order valence-corrected chi connectivity index (χ4v) is 3.38. The first-order valence-electron chi connectivity index (χ1n) is 6.36. The van der Waals surface area contributed by atoms with E-state index >= 15 is 0 Å². The Kier molecular flexibility index (Phi) is 5.14. The average Bonchev–Trinajstić information content (AvgIpc) is 2.44. The lowest BCUT2D eigenvalue weighted by atomic mass is 10.2. The summed E-state index contributed by atoms with van der Waals surface area (Å²) in [5.74, 6) is 0.503. The van der Waals surface area contributed by atoms with Crippen molar-refractivity contribution in [2.75, 3.05) is 10.6 Å². The molecule has 3 nitrogen and oxygen atoms in total. The van der Waals surface area contributed by atoms with Crippen LogP contribution in [0.4, 0.5) is 5.69 Å². The predicted molar refractivity (Wildman–Crippen MR) is 87.9 cm³/mol. The molecule has 112 valence electrons. The maximum atomic E-state index is 12.3. The third-order valence-corrected chi connectivity index (χ3v) is 4.88. The van der Waals surface area contributed by atoms with Crippen LogP contribution in [0.5, 0.6) is 0 Å². The van der Waals surface area contributed by atoms with Crippen LogP contribution in [0.25, 0.3) is 0 Å². The molecule has 0 bridgehead atoms. The molecule has 0 spiro atoms. The number of rotatable bonds is 5. The third-order valence-electron chi connectivity index (χ3n) is 2.98. The van der Waals surface area contributed by atoms with E-state index in [-0.39, 0.29) is 4.90 Å². The summed E-state index contributed by atoms with van der Waals surface area (Å²) >= 11 is 11.7. The minimum absolute atomic E-state index is 0.193. The van der Waals surface area contributed by atoms with E-state index in [0.29, 0.717) is 23.0 Å². The van der Waals surface area contributed by atoms with E-state index in [9.17, 15) is 8.42 Å². The van der Waals surface area contributed by atoms with E-state index in [2.05, 4.69) is 4.72 Å². The molecule has 0 heterocycles. The Hall–Kier alpha value is -1.23. The monoisotopic (exact) mass is 343 g/mol. The number of sulfonamides is 1. The Morgan fingerprint density at radius 3 is 2.38 bits per heavy atom. The predicted octanol–water partition coefficient (Wildman–Crippen LogP) is 4.23. The zero-order valence-corrected chi connectivity index (χ0v) is 13.8. The van der Waals surface area contributed by atoms with E-state index in [4.69, 9.17) is 23.2 Å². The largest absolute Gasteiger partial charge is 0.278 e. The quantitative estimate of drug-likeness (QED) is 0.825. The van der Waals surface area contributed by atoms with E-state index in [1.54, 1.807) is 36.4 Å². The summed E-state index contributed by atoms with van der Waals surface area (Å²) < 4.78 is 27.2. The molecule has 6 heteroatoms. The van der Waals surface area contributed by atoms with Crippen LogP contribution in [-0.2, 0) is 16.4 Å². The van der Waals surface area contributed by atoms with Crippen molar-refractivity contribution in [3.63, 3.8) is 0 Å². The lowest BCUT2D eigenvalue weighted by Gasteiger charge is -2.11. The van der Waals surface area contributed by atoms with Gasteiger partial charge in [0.25, 0.3) is 10.0 Å². The van der Waals surface area contributed by atoms with Gasteiger partial charge in [-0.15, -0.1) is 11.6 Å². The zero-order chi connectivity index (χ0) is 15.5. The highest BCUT2D eigenvalue weighted by Crippen LogP contribution is 2.25. The second kappa shape index (κ2) is 6.69. The van der Waals surface area contributed by atoms with Crippen molar-refractivity contribution < 1.29 is 8.42 Å². The number of aryl methyl sites for hydroxylation is 2. The van der Waals surface area contributed by atoms with Gasteiger partial charge >= 0.3 is 0 Å². The second-order valence-electron chi connectivity index (χ2n) is 4.67. The number of hydrogen-bond acceptors (Lipinski definition) is 2. The lowest BCUT2D eigenvalue weighted by Crippen LogP contribution is -2.13. The fraction of sp³-hybridized carbons (Fsp3) is 0.200. The van der Waals surface area contributed by atoms with Crippen LogP contribution in [0.3, 0.4) is 0 Å². The summed E-state index contributed by atoms with van der Waals surface area (Å²) in [6.45, 7) is 1.87. The van der Waals surface area contributed by atoms with Crippen molar-refractivity contribution >= 4 is 38.9 Å². The molecule has 0 aliphatic rings. The number of nitrogens with one attached hydrogen (secondary N) is 1. The maximum absolute atomic E-state index is 12.3. The molecule has 0 aromatic heterocycles. The van der Waals surface area contributed by atoms with Crippen LogP contribution in [0.2, 0.25) is 5.02 Å². The molecule has 2 aromatic rings. The zero-order valence-electron chi connectivity index (χ0n) is 11.4. The van der Waals surface area contributed by atoms with Crippen molar-refractivity contribution in [3.8, 4) is 0 Å². The normalized spacial score (nSPS) is 11.4. The molecule has 0 aliphatic heterocycles. The number of benzene rings is 2. The van der Waals surface area contributed by atoms with Crippen LogP contribution in [0.15, 0.2) is 47.4 Å². The molecule has 0 atom stereocenters. The number of alkyl halides is 1. The van der Waals surface area contributed by atoms with Gasteiger partial charge in [-0.3, -0.25) is 4.72 Å². The minimum atomic E-state index is -3.65. The van der Waals surface area contributed by atoms with Crippen molar-refractivity contribution in [3.05, 3.63) is 58.6 Å². The molecule has 0 aliphatic carbocycles. The fourth-order valence-electron chi connectivity index (χ4n) is 1.87. The van der Waals surface area contributed by atoms with Gasteiger partial charge in [0.2, 0.25) is 0 Å². The Balaban J connectivity index is 2.27. The Bertz CT molecular complexity index is 728. The van der Waals surface area contributed by atoms with Crippen LogP contribution >= 0.6 is 23.2 Å².